The fourth-order valence-electron chi connectivity index (χ4n) is 1.81. The second-order valence-electron chi connectivity index (χ2n) is 4.47. The molecular formula is C13H20N6O. The van der Waals surface area contributed by atoms with Crippen molar-refractivity contribution in [1.82, 2.24) is 24.9 Å². The molecule has 0 amide bonds. The molecule has 0 aliphatic heterocycles. The minimum Gasteiger partial charge on any atom is -0.382 e. The first-order chi connectivity index (χ1) is 9.72. The van der Waals surface area contributed by atoms with E-state index in [4.69, 9.17) is 0 Å². The number of nitrogens with one attached hydrogen (secondary N) is 2. The van der Waals surface area contributed by atoms with Gasteiger partial charge in [0.05, 0.1) is 24.6 Å². The number of hydrogen-bond acceptors (Lipinski definition) is 5. The summed E-state index contributed by atoms with van der Waals surface area (Å²) in [5.41, 5.74) is 1.59. The van der Waals surface area contributed by atoms with Crippen LogP contribution in [-0.2, 0) is 13.1 Å². The summed E-state index contributed by atoms with van der Waals surface area (Å²) in [6, 6.07) is 1.56. The highest BCUT2D eigenvalue weighted by Gasteiger charge is 2.03. The predicted molar refractivity (Wildman–Crippen MR) is 77.9 cm³/mol. The van der Waals surface area contributed by atoms with Gasteiger partial charge in [-0.3, -0.25) is 9.48 Å². The van der Waals surface area contributed by atoms with E-state index in [-0.39, 0.29) is 5.56 Å². The first kappa shape index (κ1) is 14.3. The number of hydrogen-bond donors (Lipinski definition) is 2. The van der Waals surface area contributed by atoms with E-state index in [0.717, 1.165) is 30.9 Å². The lowest BCUT2D eigenvalue weighted by Crippen LogP contribution is -2.24. The third kappa shape index (κ3) is 3.67. The van der Waals surface area contributed by atoms with Crippen LogP contribution in [0.25, 0.3) is 0 Å². The van der Waals surface area contributed by atoms with E-state index in [1.165, 1.54) is 4.68 Å². The molecule has 0 fully saturated rings. The molecule has 0 aromatic carbocycles. The maximum atomic E-state index is 12.0. The molecule has 0 radical (unpaired) electrons. The zero-order chi connectivity index (χ0) is 14.4. The highest BCUT2D eigenvalue weighted by Crippen LogP contribution is 2.02. The van der Waals surface area contributed by atoms with Gasteiger partial charge in [-0.25, -0.2) is 4.68 Å². The Morgan fingerprint density at radius 2 is 2.10 bits per heavy atom. The number of nitrogens with zero attached hydrogens (tertiary/aromatic N) is 4. The highest BCUT2D eigenvalue weighted by molar-refractivity contribution is 5.38. The van der Waals surface area contributed by atoms with Gasteiger partial charge in [0, 0.05) is 37.5 Å². The molecule has 7 heteroatoms. The van der Waals surface area contributed by atoms with Gasteiger partial charge in [-0.05, 0) is 14.0 Å². The van der Waals surface area contributed by atoms with Gasteiger partial charge in [-0.1, -0.05) is 0 Å². The summed E-state index contributed by atoms with van der Waals surface area (Å²) in [5, 5.41) is 14.5. The molecule has 108 valence electrons. The lowest BCUT2D eigenvalue weighted by Gasteiger charge is -2.07. The average molecular weight is 276 g/mol. The maximum Gasteiger partial charge on any atom is 0.269 e. The molecule has 20 heavy (non-hydrogen) atoms. The third-order valence-corrected chi connectivity index (χ3v) is 2.92. The summed E-state index contributed by atoms with van der Waals surface area (Å²) in [4.78, 5) is 12.0. The number of anilines is 1. The second-order valence-corrected chi connectivity index (χ2v) is 4.47. The molecule has 2 aromatic heterocycles. The Bertz CT molecular complexity index is 603. The van der Waals surface area contributed by atoms with Crippen molar-refractivity contribution in [3.8, 4) is 0 Å². The van der Waals surface area contributed by atoms with Gasteiger partial charge in [0.1, 0.15) is 0 Å². The van der Waals surface area contributed by atoms with E-state index >= 15 is 0 Å². The molecule has 2 aromatic rings. The molecule has 2 rings (SSSR count). The van der Waals surface area contributed by atoms with E-state index in [1.54, 1.807) is 18.5 Å². The Balaban J connectivity index is 2.03. The Labute approximate surface area is 117 Å². The van der Waals surface area contributed by atoms with Gasteiger partial charge < -0.3 is 10.6 Å². The minimum absolute atomic E-state index is 0.122. The van der Waals surface area contributed by atoms with Gasteiger partial charge in [0.15, 0.2) is 0 Å². The summed E-state index contributed by atoms with van der Waals surface area (Å²) in [6.45, 7) is 4.86. The molecule has 0 spiro atoms. The van der Waals surface area contributed by atoms with Crippen molar-refractivity contribution in [3.05, 3.63) is 40.6 Å². The summed E-state index contributed by atoms with van der Waals surface area (Å²) in [6.07, 6.45) is 5.35. The van der Waals surface area contributed by atoms with Crippen molar-refractivity contribution in [1.29, 1.82) is 0 Å². The van der Waals surface area contributed by atoms with E-state index in [9.17, 15) is 4.79 Å². The molecule has 0 aliphatic carbocycles. The Morgan fingerprint density at radius 3 is 2.75 bits per heavy atom. The largest absolute Gasteiger partial charge is 0.382 e. The van der Waals surface area contributed by atoms with Crippen LogP contribution in [0.4, 0.5) is 5.69 Å². The van der Waals surface area contributed by atoms with Crippen LogP contribution in [0.15, 0.2) is 29.5 Å². The van der Waals surface area contributed by atoms with Crippen LogP contribution in [-0.4, -0.2) is 39.7 Å². The smallest absolute Gasteiger partial charge is 0.269 e. The van der Waals surface area contributed by atoms with Gasteiger partial charge in [-0.15, -0.1) is 0 Å². The van der Waals surface area contributed by atoms with E-state index in [0.29, 0.717) is 6.54 Å². The quantitative estimate of drug-likeness (QED) is 0.703. The van der Waals surface area contributed by atoms with E-state index in [2.05, 4.69) is 20.8 Å². The lowest BCUT2D eigenvalue weighted by atomic mass is 10.3. The average Bonchev–Trinajstić information content (AvgIpc) is 2.90. The topological polar surface area (TPSA) is 76.8 Å². The molecule has 0 saturated carbocycles. The summed E-state index contributed by atoms with van der Waals surface area (Å²) in [7, 11) is 1.88. The fraction of sp³-hybridized carbons (Fsp3) is 0.462. The van der Waals surface area contributed by atoms with Gasteiger partial charge in [0.2, 0.25) is 0 Å². The number of rotatable bonds is 7. The molecule has 7 nitrogen and oxygen atoms in total. The van der Waals surface area contributed by atoms with Crippen molar-refractivity contribution in [3.63, 3.8) is 0 Å². The molecule has 2 heterocycles. The zero-order valence-electron chi connectivity index (χ0n) is 11.8. The van der Waals surface area contributed by atoms with Crippen molar-refractivity contribution in [2.45, 2.75) is 20.0 Å². The third-order valence-electron chi connectivity index (χ3n) is 2.92. The van der Waals surface area contributed by atoms with Gasteiger partial charge >= 0.3 is 0 Å². The molecule has 0 unspecified atom stereocenters. The lowest BCUT2D eigenvalue weighted by molar-refractivity contribution is 0.634. The Hall–Kier alpha value is -2.15. The van der Waals surface area contributed by atoms with E-state index < -0.39 is 0 Å². The van der Waals surface area contributed by atoms with Gasteiger partial charge in [-0.2, -0.15) is 10.2 Å². The first-order valence-corrected chi connectivity index (χ1v) is 6.70. The summed E-state index contributed by atoms with van der Waals surface area (Å²) >= 11 is 0. The zero-order valence-corrected chi connectivity index (χ0v) is 11.8. The van der Waals surface area contributed by atoms with Crippen LogP contribution in [0.5, 0.6) is 0 Å². The van der Waals surface area contributed by atoms with Crippen molar-refractivity contribution in [2.75, 3.05) is 25.5 Å². The second kappa shape index (κ2) is 6.85. The Morgan fingerprint density at radius 1 is 1.25 bits per heavy atom. The van der Waals surface area contributed by atoms with Crippen LogP contribution in [0, 0.1) is 0 Å². The van der Waals surface area contributed by atoms with Crippen LogP contribution < -0.4 is 16.2 Å². The maximum absolute atomic E-state index is 12.0. The number of aryl methyl sites for hydroxylation is 1. The highest BCUT2D eigenvalue weighted by atomic mass is 16.1. The van der Waals surface area contributed by atoms with Crippen molar-refractivity contribution in [2.24, 2.45) is 0 Å². The Kier molecular flexibility index (Phi) is 4.89. The molecule has 0 atom stereocenters. The monoisotopic (exact) mass is 276 g/mol. The molecular weight excluding hydrogens is 256 g/mol. The SMILES string of the molecule is CCn1cc(Cn2ncc(NCCNC)cc2=O)cn1. The first-order valence-electron chi connectivity index (χ1n) is 6.70. The standard InChI is InChI=1S/C13H20N6O/c1-3-18-9-11(7-16-18)10-19-13(20)6-12(8-17-19)15-5-4-14-2/h6-9,14-15H,3-5,10H2,1-2H3. The molecule has 0 bridgehead atoms. The fourth-order valence-corrected chi connectivity index (χ4v) is 1.81. The van der Waals surface area contributed by atoms with Crippen LogP contribution in [0.1, 0.15) is 12.5 Å². The van der Waals surface area contributed by atoms with E-state index in [1.807, 2.05) is 24.9 Å². The summed E-state index contributed by atoms with van der Waals surface area (Å²) < 4.78 is 3.26. The van der Waals surface area contributed by atoms with Crippen LogP contribution in [0.3, 0.4) is 0 Å². The van der Waals surface area contributed by atoms with Crippen LogP contribution in [0.2, 0.25) is 0 Å². The van der Waals surface area contributed by atoms with Crippen LogP contribution >= 0.6 is 0 Å². The molecule has 2 N–H and O–H groups in total. The number of aromatic nitrogens is 4. The normalized spacial score (nSPS) is 10.7. The van der Waals surface area contributed by atoms with Crippen molar-refractivity contribution >= 4 is 5.69 Å². The number of likely N-dealkylation sites (N-methyl/N-ethyl adjacent to an activating group) is 1. The molecule has 0 aliphatic rings. The van der Waals surface area contributed by atoms with Crippen molar-refractivity contribution < 1.29 is 0 Å². The van der Waals surface area contributed by atoms with Gasteiger partial charge in [0.25, 0.3) is 5.56 Å². The minimum atomic E-state index is -0.122. The predicted octanol–water partition coefficient (Wildman–Crippen LogP) is 0.139. The summed E-state index contributed by atoms with van der Waals surface area (Å²) in [5.74, 6) is 0. The molecule has 0 saturated heterocycles.